The number of thiazole rings is 1. The molecule has 0 spiro atoms. The van der Waals surface area contributed by atoms with E-state index in [0.29, 0.717) is 0 Å². The van der Waals surface area contributed by atoms with Crippen LogP contribution in [0.15, 0.2) is 10.5 Å². The van der Waals surface area contributed by atoms with Gasteiger partial charge in [-0.1, -0.05) is 5.16 Å². The lowest BCUT2D eigenvalue weighted by molar-refractivity contribution is -0.132. The summed E-state index contributed by atoms with van der Waals surface area (Å²) in [6.07, 6.45) is -1.82. The van der Waals surface area contributed by atoms with Gasteiger partial charge in [-0.2, -0.15) is 0 Å². The molecule has 1 heterocycles. The van der Waals surface area contributed by atoms with Gasteiger partial charge in [0.2, 0.25) is 5.71 Å². The fourth-order valence-electron chi connectivity index (χ4n) is 1.24. The van der Waals surface area contributed by atoms with E-state index < -0.39 is 23.8 Å². The van der Waals surface area contributed by atoms with Gasteiger partial charge in [-0.25, -0.2) is 19.4 Å². The second kappa shape index (κ2) is 8.24. The largest absolute Gasteiger partial charge is 0.534 e. The highest BCUT2D eigenvalue weighted by Crippen LogP contribution is 2.18. The molecule has 0 aromatic carbocycles. The predicted octanol–water partition coefficient (Wildman–Crippen LogP) is 2.15. The molecule has 1 rings (SSSR count). The van der Waals surface area contributed by atoms with E-state index in [4.69, 9.17) is 4.74 Å². The lowest BCUT2D eigenvalue weighted by Crippen LogP contribution is -2.27. The Kier molecular flexibility index (Phi) is 6.65. The van der Waals surface area contributed by atoms with E-state index >= 15 is 0 Å². The molecule has 0 saturated carbocycles. The molecular formula is C13H17N3O7S. The number of aromatic nitrogens is 1. The third-order valence-electron chi connectivity index (χ3n) is 2.11. The molecule has 1 aromatic rings. The summed E-state index contributed by atoms with van der Waals surface area (Å²) in [7, 11) is 2.21. The Morgan fingerprint density at radius 3 is 2.42 bits per heavy atom. The average Bonchev–Trinajstić information content (AvgIpc) is 2.92. The van der Waals surface area contributed by atoms with Gasteiger partial charge in [-0.15, -0.1) is 11.3 Å². The van der Waals surface area contributed by atoms with Crippen molar-refractivity contribution in [2.75, 3.05) is 19.5 Å². The molecule has 0 bridgehead atoms. The van der Waals surface area contributed by atoms with Crippen molar-refractivity contribution < 1.29 is 33.4 Å². The number of rotatable bonds is 4. The van der Waals surface area contributed by atoms with Crippen LogP contribution in [0.2, 0.25) is 0 Å². The molecule has 11 heteroatoms. The van der Waals surface area contributed by atoms with Crippen molar-refractivity contribution in [3.63, 3.8) is 0 Å². The Labute approximate surface area is 141 Å². The summed E-state index contributed by atoms with van der Waals surface area (Å²) in [5.74, 6) is -0.881. The second-order valence-corrected chi connectivity index (χ2v) is 6.00. The number of ether oxygens (including phenoxy) is 3. The number of esters is 1. The first kappa shape index (κ1) is 19.4. The zero-order valence-corrected chi connectivity index (χ0v) is 14.6. The lowest BCUT2D eigenvalue weighted by atomic mass is 10.2. The third-order valence-corrected chi connectivity index (χ3v) is 2.87. The molecule has 0 aliphatic heterocycles. The average molecular weight is 359 g/mol. The first-order chi connectivity index (χ1) is 11.2. The third kappa shape index (κ3) is 6.20. The second-order valence-electron chi connectivity index (χ2n) is 5.14. The van der Waals surface area contributed by atoms with Gasteiger partial charge in [0.25, 0.3) is 0 Å². The topological polar surface area (TPSA) is 125 Å². The fraction of sp³-hybridized carbons (Fsp3) is 0.462. The summed E-state index contributed by atoms with van der Waals surface area (Å²) in [6, 6.07) is 0. The lowest BCUT2D eigenvalue weighted by Gasteiger charge is -2.18. The maximum Gasteiger partial charge on any atom is 0.534 e. The maximum absolute atomic E-state index is 11.7. The zero-order valence-electron chi connectivity index (χ0n) is 13.7. The van der Waals surface area contributed by atoms with E-state index in [2.05, 4.69) is 29.8 Å². The van der Waals surface area contributed by atoms with Crippen LogP contribution in [-0.2, 0) is 23.8 Å². The molecule has 132 valence electrons. The molecule has 1 amide bonds. The molecule has 0 saturated heterocycles. The minimum absolute atomic E-state index is 0.0433. The Bertz CT molecular complexity index is 648. The van der Waals surface area contributed by atoms with Crippen molar-refractivity contribution in [3.8, 4) is 0 Å². The number of oxime groups is 1. The van der Waals surface area contributed by atoms with Gasteiger partial charge in [0.15, 0.2) is 5.13 Å². The van der Waals surface area contributed by atoms with Crippen LogP contribution in [0.25, 0.3) is 0 Å². The number of nitrogens with one attached hydrogen (secondary N) is 1. The van der Waals surface area contributed by atoms with Gasteiger partial charge in [-0.05, 0) is 20.8 Å². The maximum atomic E-state index is 11.7. The number of methoxy groups -OCH3 is 2. The molecule has 24 heavy (non-hydrogen) atoms. The molecular weight excluding hydrogens is 342 g/mol. The molecule has 1 N–H and O–H groups in total. The van der Waals surface area contributed by atoms with Crippen LogP contribution in [0.5, 0.6) is 0 Å². The number of carbonyl (C=O) groups excluding carboxylic acids is 3. The summed E-state index contributed by atoms with van der Waals surface area (Å²) in [5, 5.41) is 7.35. The van der Waals surface area contributed by atoms with Gasteiger partial charge >= 0.3 is 18.2 Å². The number of carbonyl (C=O) groups is 3. The standard InChI is InChI=1S/C13H17N3O7S/c1-13(2,3)22-11(18)15-10-14-7(6-24-10)8(9(17)20-4)16-23-12(19)21-5/h6H,1-5H3,(H,14,15,18). The van der Waals surface area contributed by atoms with Gasteiger partial charge < -0.3 is 14.2 Å². The van der Waals surface area contributed by atoms with Crippen LogP contribution in [0.4, 0.5) is 14.7 Å². The summed E-state index contributed by atoms with van der Waals surface area (Å²) in [5.41, 5.74) is -0.991. The minimum Gasteiger partial charge on any atom is -0.464 e. The highest BCUT2D eigenvalue weighted by molar-refractivity contribution is 7.14. The van der Waals surface area contributed by atoms with Crippen LogP contribution in [0.1, 0.15) is 26.5 Å². The molecule has 0 aliphatic rings. The number of amides is 1. The molecule has 0 atom stereocenters. The zero-order chi connectivity index (χ0) is 18.3. The van der Waals surface area contributed by atoms with E-state index in [1.165, 1.54) is 5.38 Å². The highest BCUT2D eigenvalue weighted by Gasteiger charge is 2.22. The minimum atomic E-state index is -1.11. The number of anilines is 1. The molecule has 10 nitrogen and oxygen atoms in total. The number of nitrogens with zero attached hydrogens (tertiary/aromatic N) is 2. The van der Waals surface area contributed by atoms with Gasteiger partial charge in [-0.3, -0.25) is 10.2 Å². The first-order valence-corrected chi connectivity index (χ1v) is 7.41. The fourth-order valence-corrected chi connectivity index (χ4v) is 1.92. The van der Waals surface area contributed by atoms with E-state index in [1.54, 1.807) is 20.8 Å². The number of hydrogen-bond donors (Lipinski definition) is 1. The Hall–Kier alpha value is -2.69. The van der Waals surface area contributed by atoms with Crippen molar-refractivity contribution in [1.29, 1.82) is 0 Å². The van der Waals surface area contributed by atoms with Crippen molar-refractivity contribution >= 4 is 40.4 Å². The van der Waals surface area contributed by atoms with E-state index in [0.717, 1.165) is 25.6 Å². The van der Waals surface area contributed by atoms with E-state index in [9.17, 15) is 14.4 Å². The highest BCUT2D eigenvalue weighted by atomic mass is 32.1. The van der Waals surface area contributed by atoms with Gasteiger partial charge in [0.05, 0.1) is 14.2 Å². The first-order valence-electron chi connectivity index (χ1n) is 6.53. The van der Waals surface area contributed by atoms with Gasteiger partial charge in [0, 0.05) is 5.38 Å². The Balaban J connectivity index is 2.91. The monoisotopic (exact) mass is 359 g/mol. The van der Waals surface area contributed by atoms with Crippen molar-refractivity contribution in [3.05, 3.63) is 11.1 Å². The van der Waals surface area contributed by atoms with E-state index in [-0.39, 0.29) is 16.5 Å². The van der Waals surface area contributed by atoms with Crippen LogP contribution >= 0.6 is 11.3 Å². The van der Waals surface area contributed by atoms with E-state index in [1.807, 2.05) is 0 Å². The Morgan fingerprint density at radius 1 is 1.21 bits per heavy atom. The molecule has 0 unspecified atom stereocenters. The summed E-state index contributed by atoms with van der Waals surface area (Å²) in [4.78, 5) is 42.7. The SMILES string of the molecule is COC(=O)ON=C(C(=O)OC)c1csc(NC(=O)OC(C)(C)C)n1. The van der Waals surface area contributed by atoms with Gasteiger partial charge in [0.1, 0.15) is 11.3 Å². The van der Waals surface area contributed by atoms with Crippen LogP contribution in [-0.4, -0.2) is 48.7 Å². The normalized spacial score (nSPS) is 11.5. The predicted molar refractivity (Wildman–Crippen MR) is 84.0 cm³/mol. The van der Waals surface area contributed by atoms with Crippen LogP contribution in [0.3, 0.4) is 0 Å². The molecule has 0 fully saturated rings. The molecule has 0 aliphatic carbocycles. The van der Waals surface area contributed by atoms with Crippen molar-refractivity contribution in [2.45, 2.75) is 26.4 Å². The number of hydrogen-bond acceptors (Lipinski definition) is 10. The Morgan fingerprint density at radius 2 is 1.88 bits per heavy atom. The smallest absolute Gasteiger partial charge is 0.464 e. The molecule has 1 aromatic heterocycles. The summed E-state index contributed by atoms with van der Waals surface area (Å²) >= 11 is 1.02. The summed E-state index contributed by atoms with van der Waals surface area (Å²) < 4.78 is 13.9. The summed E-state index contributed by atoms with van der Waals surface area (Å²) in [6.45, 7) is 5.14. The van der Waals surface area contributed by atoms with Crippen molar-refractivity contribution in [1.82, 2.24) is 4.98 Å². The van der Waals surface area contributed by atoms with Crippen LogP contribution < -0.4 is 5.32 Å². The molecule has 0 radical (unpaired) electrons. The quantitative estimate of drug-likeness (QED) is 0.285. The van der Waals surface area contributed by atoms with Crippen molar-refractivity contribution in [2.24, 2.45) is 5.16 Å². The van der Waals surface area contributed by atoms with Crippen LogP contribution in [0, 0.1) is 0 Å².